The molecule has 1 aliphatic carbocycles. The molecule has 0 aromatic carbocycles. The van der Waals surface area contributed by atoms with Crippen LogP contribution in [0, 0.1) is 5.41 Å². The van der Waals surface area contributed by atoms with Crippen LogP contribution in [0.25, 0.3) is 0 Å². The van der Waals surface area contributed by atoms with Crippen LogP contribution in [0.15, 0.2) is 12.1 Å². The van der Waals surface area contributed by atoms with Crippen molar-refractivity contribution in [1.29, 1.82) is 0 Å². The van der Waals surface area contributed by atoms with E-state index in [4.69, 9.17) is 0 Å². The number of hydrogen-bond acceptors (Lipinski definition) is 2. The second-order valence-electron chi connectivity index (χ2n) is 5.70. The monoisotopic (exact) mass is 251 g/mol. The number of thiophene rings is 1. The molecule has 1 aromatic heterocycles. The minimum absolute atomic E-state index is 0.109. The highest BCUT2D eigenvalue weighted by atomic mass is 32.1. The Morgan fingerprint density at radius 3 is 2.82 bits per heavy atom. The molecule has 1 saturated carbocycles. The zero-order valence-corrected chi connectivity index (χ0v) is 11.7. The van der Waals surface area contributed by atoms with E-state index < -0.39 is 0 Å². The average molecular weight is 251 g/mol. The number of carbonyl (C=O) groups excluding carboxylic acids is 1. The van der Waals surface area contributed by atoms with Gasteiger partial charge < -0.3 is 5.32 Å². The molecule has 1 aliphatic rings. The summed E-state index contributed by atoms with van der Waals surface area (Å²) in [4.78, 5) is 14.2. The van der Waals surface area contributed by atoms with E-state index in [9.17, 15) is 4.79 Å². The third-order valence-corrected chi connectivity index (χ3v) is 4.77. The van der Waals surface area contributed by atoms with E-state index in [0.29, 0.717) is 11.5 Å². The van der Waals surface area contributed by atoms with Crippen molar-refractivity contribution in [2.45, 2.75) is 52.5 Å². The fourth-order valence-electron chi connectivity index (χ4n) is 2.51. The quantitative estimate of drug-likeness (QED) is 0.873. The van der Waals surface area contributed by atoms with E-state index in [2.05, 4.69) is 32.2 Å². The van der Waals surface area contributed by atoms with E-state index in [1.54, 1.807) is 11.3 Å². The van der Waals surface area contributed by atoms with Gasteiger partial charge in [-0.1, -0.05) is 20.8 Å². The summed E-state index contributed by atoms with van der Waals surface area (Å²) in [5.41, 5.74) is 0.391. The van der Waals surface area contributed by atoms with Crippen LogP contribution in [-0.2, 0) is 6.42 Å². The fourth-order valence-corrected chi connectivity index (χ4v) is 3.36. The molecule has 0 aliphatic heterocycles. The lowest BCUT2D eigenvalue weighted by molar-refractivity contribution is 0.0940. The number of hydrogen-bond donors (Lipinski definition) is 1. The highest BCUT2D eigenvalue weighted by Gasteiger charge is 2.31. The first-order valence-electron chi connectivity index (χ1n) is 6.40. The summed E-state index contributed by atoms with van der Waals surface area (Å²) in [6.07, 6.45) is 4.44. The lowest BCUT2D eigenvalue weighted by Gasteiger charge is -2.17. The second-order valence-corrected chi connectivity index (χ2v) is 6.87. The Labute approximate surface area is 107 Å². The lowest BCUT2D eigenvalue weighted by atomic mass is 9.92. The average Bonchev–Trinajstić information content (AvgIpc) is 2.85. The zero-order chi connectivity index (χ0) is 12.5. The number of rotatable bonds is 3. The minimum Gasteiger partial charge on any atom is -0.349 e. The maximum atomic E-state index is 12.0. The van der Waals surface area contributed by atoms with E-state index >= 15 is 0 Å². The number of nitrogens with one attached hydrogen (secondary N) is 1. The Kier molecular flexibility index (Phi) is 3.57. The van der Waals surface area contributed by atoms with Gasteiger partial charge >= 0.3 is 0 Å². The third kappa shape index (κ3) is 3.09. The first-order valence-corrected chi connectivity index (χ1v) is 7.21. The summed E-state index contributed by atoms with van der Waals surface area (Å²) in [5.74, 6) is 0.109. The van der Waals surface area contributed by atoms with E-state index in [-0.39, 0.29) is 5.91 Å². The van der Waals surface area contributed by atoms with Gasteiger partial charge in [0.15, 0.2) is 0 Å². The summed E-state index contributed by atoms with van der Waals surface area (Å²) in [7, 11) is 0. The molecule has 94 valence electrons. The molecule has 1 unspecified atom stereocenters. The van der Waals surface area contributed by atoms with Crippen LogP contribution in [0.5, 0.6) is 0 Å². The molecule has 0 saturated heterocycles. The molecular formula is C14H21NOS. The fraction of sp³-hybridized carbons (Fsp3) is 0.643. The van der Waals surface area contributed by atoms with Gasteiger partial charge in [0.25, 0.3) is 5.91 Å². The number of aryl methyl sites for hydroxylation is 1. The Hall–Kier alpha value is -0.830. The molecule has 1 fully saturated rings. The first kappa shape index (κ1) is 12.6. The zero-order valence-electron chi connectivity index (χ0n) is 10.9. The van der Waals surface area contributed by atoms with Crippen molar-refractivity contribution in [3.63, 3.8) is 0 Å². The Morgan fingerprint density at radius 2 is 2.29 bits per heavy atom. The summed E-state index contributed by atoms with van der Waals surface area (Å²) < 4.78 is 0. The SMILES string of the molecule is CCc1ccc(C(=O)NC2CCC(C)(C)C2)s1. The van der Waals surface area contributed by atoms with Crippen LogP contribution in [0.2, 0.25) is 0 Å². The van der Waals surface area contributed by atoms with Gasteiger partial charge in [0.1, 0.15) is 0 Å². The summed E-state index contributed by atoms with van der Waals surface area (Å²) >= 11 is 1.61. The van der Waals surface area contributed by atoms with Crippen LogP contribution in [0.1, 0.15) is 54.6 Å². The third-order valence-electron chi connectivity index (χ3n) is 3.54. The maximum absolute atomic E-state index is 12.0. The molecule has 0 radical (unpaired) electrons. The molecule has 2 nitrogen and oxygen atoms in total. The van der Waals surface area contributed by atoms with Crippen LogP contribution < -0.4 is 5.32 Å². The maximum Gasteiger partial charge on any atom is 0.261 e. The van der Waals surface area contributed by atoms with Crippen LogP contribution in [0.4, 0.5) is 0 Å². The molecule has 1 aromatic rings. The van der Waals surface area contributed by atoms with E-state index in [1.807, 2.05) is 6.07 Å². The molecule has 3 heteroatoms. The highest BCUT2D eigenvalue weighted by Crippen LogP contribution is 2.37. The molecule has 0 spiro atoms. The molecule has 17 heavy (non-hydrogen) atoms. The molecule has 1 amide bonds. The van der Waals surface area contributed by atoms with Crippen molar-refractivity contribution in [2.75, 3.05) is 0 Å². The molecule has 1 N–H and O–H groups in total. The van der Waals surface area contributed by atoms with Gasteiger partial charge in [0, 0.05) is 10.9 Å². The molecule has 0 bridgehead atoms. The topological polar surface area (TPSA) is 29.1 Å². The molecule has 1 atom stereocenters. The van der Waals surface area contributed by atoms with Crippen molar-refractivity contribution < 1.29 is 4.79 Å². The van der Waals surface area contributed by atoms with Crippen molar-refractivity contribution in [3.8, 4) is 0 Å². The largest absolute Gasteiger partial charge is 0.349 e. The first-order chi connectivity index (χ1) is 8.00. The Bertz CT molecular complexity index is 408. The normalized spacial score (nSPS) is 22.6. The van der Waals surface area contributed by atoms with Crippen molar-refractivity contribution in [3.05, 3.63) is 21.9 Å². The van der Waals surface area contributed by atoms with E-state index in [0.717, 1.165) is 24.1 Å². The van der Waals surface area contributed by atoms with Gasteiger partial charge in [-0.2, -0.15) is 0 Å². The van der Waals surface area contributed by atoms with Gasteiger partial charge in [-0.3, -0.25) is 4.79 Å². The van der Waals surface area contributed by atoms with Crippen molar-refractivity contribution in [2.24, 2.45) is 5.41 Å². The van der Waals surface area contributed by atoms with Gasteiger partial charge in [-0.25, -0.2) is 0 Å². The molecule has 1 heterocycles. The number of carbonyl (C=O) groups is 1. The highest BCUT2D eigenvalue weighted by molar-refractivity contribution is 7.14. The van der Waals surface area contributed by atoms with Crippen LogP contribution in [0.3, 0.4) is 0 Å². The molecular weight excluding hydrogens is 230 g/mol. The van der Waals surface area contributed by atoms with E-state index in [1.165, 1.54) is 11.3 Å². The molecule has 2 rings (SSSR count). The van der Waals surface area contributed by atoms with Crippen LogP contribution >= 0.6 is 11.3 Å². The Morgan fingerprint density at radius 1 is 1.53 bits per heavy atom. The predicted octanol–water partition coefficient (Wildman–Crippen LogP) is 3.62. The second kappa shape index (κ2) is 4.81. The Balaban J connectivity index is 1.93. The van der Waals surface area contributed by atoms with Gasteiger partial charge in [-0.05, 0) is 43.2 Å². The number of amides is 1. The van der Waals surface area contributed by atoms with Gasteiger partial charge in [-0.15, -0.1) is 11.3 Å². The summed E-state index contributed by atoms with van der Waals surface area (Å²) in [6, 6.07) is 4.36. The summed E-state index contributed by atoms with van der Waals surface area (Å²) in [6.45, 7) is 6.67. The van der Waals surface area contributed by atoms with Gasteiger partial charge in [0.05, 0.1) is 4.88 Å². The van der Waals surface area contributed by atoms with Crippen molar-refractivity contribution in [1.82, 2.24) is 5.32 Å². The standard InChI is InChI=1S/C14H21NOS/c1-4-11-5-6-12(17-11)13(16)15-10-7-8-14(2,3)9-10/h5-6,10H,4,7-9H2,1-3H3,(H,15,16). The van der Waals surface area contributed by atoms with Crippen molar-refractivity contribution >= 4 is 17.2 Å². The minimum atomic E-state index is 0.109. The summed E-state index contributed by atoms with van der Waals surface area (Å²) in [5, 5.41) is 3.16. The smallest absolute Gasteiger partial charge is 0.261 e. The predicted molar refractivity (Wildman–Crippen MR) is 72.6 cm³/mol. The van der Waals surface area contributed by atoms with Crippen LogP contribution in [-0.4, -0.2) is 11.9 Å². The lowest BCUT2D eigenvalue weighted by Crippen LogP contribution is -2.32. The van der Waals surface area contributed by atoms with Gasteiger partial charge in [0.2, 0.25) is 0 Å².